The molecule has 0 aliphatic heterocycles. The van der Waals surface area contributed by atoms with E-state index in [1.54, 1.807) is 0 Å². The Labute approximate surface area is 122 Å². The minimum atomic E-state index is -0.777. The van der Waals surface area contributed by atoms with Gasteiger partial charge in [-0.05, 0) is 34.9 Å². The Morgan fingerprint density at radius 3 is 2.45 bits per heavy atom. The zero-order valence-electron chi connectivity index (χ0n) is 13.2. The first-order valence-corrected chi connectivity index (χ1v) is 7.18. The van der Waals surface area contributed by atoms with Gasteiger partial charge in [-0.15, -0.1) is 0 Å². The van der Waals surface area contributed by atoms with Gasteiger partial charge in [0.25, 0.3) is 0 Å². The van der Waals surface area contributed by atoms with Crippen molar-refractivity contribution < 1.29 is 14.6 Å². The van der Waals surface area contributed by atoms with E-state index in [1.807, 2.05) is 6.07 Å². The molecule has 0 radical (unpaired) electrons. The predicted octanol–water partition coefficient (Wildman–Crippen LogP) is 4.04. The van der Waals surface area contributed by atoms with Crippen LogP contribution in [0.3, 0.4) is 0 Å². The Bertz CT molecular complexity index is 456. The van der Waals surface area contributed by atoms with Crippen LogP contribution in [-0.4, -0.2) is 17.7 Å². The molecule has 0 bridgehead atoms. The summed E-state index contributed by atoms with van der Waals surface area (Å²) in [5.41, 5.74) is 2.24. The van der Waals surface area contributed by atoms with Crippen LogP contribution in [0.5, 0.6) is 5.75 Å². The first-order chi connectivity index (χ1) is 9.20. The van der Waals surface area contributed by atoms with E-state index in [0.29, 0.717) is 18.9 Å². The highest BCUT2D eigenvalue weighted by molar-refractivity contribution is 5.67. The van der Waals surface area contributed by atoms with Crippen LogP contribution in [0.4, 0.5) is 0 Å². The van der Waals surface area contributed by atoms with E-state index < -0.39 is 5.97 Å². The van der Waals surface area contributed by atoms with Crippen LogP contribution < -0.4 is 4.74 Å². The molecule has 0 saturated carbocycles. The number of carboxylic acids is 1. The van der Waals surface area contributed by atoms with Gasteiger partial charge in [-0.2, -0.15) is 0 Å². The van der Waals surface area contributed by atoms with Crippen molar-refractivity contribution in [3.8, 4) is 5.75 Å². The van der Waals surface area contributed by atoms with Gasteiger partial charge in [-0.25, -0.2) is 0 Å². The Morgan fingerprint density at radius 2 is 1.95 bits per heavy atom. The highest BCUT2D eigenvalue weighted by Gasteiger charge is 2.16. The van der Waals surface area contributed by atoms with Gasteiger partial charge in [0.2, 0.25) is 0 Å². The van der Waals surface area contributed by atoms with Crippen molar-refractivity contribution in [2.75, 3.05) is 6.61 Å². The highest BCUT2D eigenvalue weighted by Crippen LogP contribution is 2.29. The zero-order valence-corrected chi connectivity index (χ0v) is 13.2. The number of benzene rings is 1. The number of carbonyl (C=O) groups is 1. The molecule has 0 fully saturated rings. The van der Waals surface area contributed by atoms with Crippen molar-refractivity contribution in [3.63, 3.8) is 0 Å². The average molecular weight is 278 g/mol. The number of hydrogen-bond acceptors (Lipinski definition) is 2. The summed E-state index contributed by atoms with van der Waals surface area (Å²) in [4.78, 5) is 10.8. The molecule has 3 nitrogen and oxygen atoms in total. The van der Waals surface area contributed by atoms with Crippen LogP contribution in [0.25, 0.3) is 0 Å². The lowest BCUT2D eigenvalue weighted by molar-refractivity contribution is -0.136. The number of carboxylic acid groups (broad SMARTS) is 1. The van der Waals surface area contributed by atoms with Gasteiger partial charge in [0, 0.05) is 6.42 Å². The monoisotopic (exact) mass is 278 g/mol. The average Bonchev–Trinajstić information content (AvgIpc) is 2.32. The lowest BCUT2D eigenvalue weighted by Gasteiger charge is -2.22. The van der Waals surface area contributed by atoms with Crippen molar-refractivity contribution in [3.05, 3.63) is 29.3 Å². The Morgan fingerprint density at radius 1 is 1.30 bits per heavy atom. The number of aryl methyl sites for hydroxylation is 1. The molecule has 20 heavy (non-hydrogen) atoms. The topological polar surface area (TPSA) is 46.5 Å². The van der Waals surface area contributed by atoms with Crippen molar-refractivity contribution in [1.82, 2.24) is 0 Å². The number of ether oxygens (including phenoxy) is 1. The molecule has 0 spiro atoms. The summed E-state index contributed by atoms with van der Waals surface area (Å²) >= 11 is 0. The van der Waals surface area contributed by atoms with E-state index in [0.717, 1.165) is 11.3 Å². The fourth-order valence-electron chi connectivity index (χ4n) is 1.88. The van der Waals surface area contributed by atoms with Gasteiger partial charge in [0.15, 0.2) is 0 Å². The molecule has 112 valence electrons. The maximum absolute atomic E-state index is 10.8. The zero-order chi connectivity index (χ0) is 15.3. The number of aliphatic carboxylic acids is 1. The summed E-state index contributed by atoms with van der Waals surface area (Å²) in [6, 6.07) is 6.12. The maximum atomic E-state index is 10.8. The summed E-state index contributed by atoms with van der Waals surface area (Å²) in [6.45, 7) is 11.3. The lowest BCUT2D eigenvalue weighted by Crippen LogP contribution is -2.13. The van der Waals surface area contributed by atoms with Crippen LogP contribution in [0.1, 0.15) is 52.2 Å². The molecular weight excluding hydrogens is 252 g/mol. The van der Waals surface area contributed by atoms with Gasteiger partial charge < -0.3 is 9.84 Å². The molecule has 0 aliphatic carbocycles. The molecule has 0 saturated heterocycles. The molecular formula is C17H26O3. The fourth-order valence-corrected chi connectivity index (χ4v) is 1.88. The molecule has 0 atom stereocenters. The van der Waals surface area contributed by atoms with Crippen molar-refractivity contribution in [1.29, 1.82) is 0 Å². The summed E-state index contributed by atoms with van der Waals surface area (Å²) in [5, 5.41) is 8.87. The second-order valence-corrected chi connectivity index (χ2v) is 6.67. The van der Waals surface area contributed by atoms with Gasteiger partial charge in [-0.1, -0.05) is 46.8 Å². The van der Waals surface area contributed by atoms with Crippen LogP contribution >= 0.6 is 0 Å². The third-order valence-corrected chi connectivity index (χ3v) is 3.11. The summed E-state index contributed by atoms with van der Waals surface area (Å²) < 4.78 is 5.81. The number of rotatable bonds is 6. The summed E-state index contributed by atoms with van der Waals surface area (Å²) in [6.07, 6.45) is 0.637. The normalized spacial score (nSPS) is 11.7. The third-order valence-electron chi connectivity index (χ3n) is 3.11. The first-order valence-electron chi connectivity index (χ1n) is 7.18. The van der Waals surface area contributed by atoms with E-state index in [9.17, 15) is 4.79 Å². The molecule has 1 aromatic carbocycles. The van der Waals surface area contributed by atoms with Crippen LogP contribution in [0, 0.1) is 5.92 Å². The Hall–Kier alpha value is -1.51. The largest absolute Gasteiger partial charge is 0.493 e. The highest BCUT2D eigenvalue weighted by atomic mass is 16.5. The van der Waals surface area contributed by atoms with Crippen LogP contribution in [-0.2, 0) is 16.6 Å². The van der Waals surface area contributed by atoms with Gasteiger partial charge in [0.05, 0.1) is 6.61 Å². The van der Waals surface area contributed by atoms with Crippen molar-refractivity contribution in [2.45, 2.75) is 52.9 Å². The molecule has 0 aromatic heterocycles. The standard InChI is InChI=1S/C17H26O3/c1-12(2)11-20-15-8-7-14(17(3,4)5)10-13(15)6-9-16(18)19/h7-8,10,12H,6,9,11H2,1-5H3,(H,18,19). The molecule has 0 amide bonds. The molecule has 0 unspecified atom stereocenters. The van der Waals surface area contributed by atoms with E-state index in [-0.39, 0.29) is 11.8 Å². The predicted molar refractivity (Wildman–Crippen MR) is 81.4 cm³/mol. The van der Waals surface area contributed by atoms with Gasteiger partial charge in [0.1, 0.15) is 5.75 Å². The Kier molecular flexibility index (Phi) is 5.61. The minimum absolute atomic E-state index is 0.0502. The second-order valence-electron chi connectivity index (χ2n) is 6.67. The second kappa shape index (κ2) is 6.78. The quantitative estimate of drug-likeness (QED) is 0.854. The van der Waals surface area contributed by atoms with E-state index >= 15 is 0 Å². The third kappa shape index (κ3) is 5.24. The van der Waals surface area contributed by atoms with Crippen molar-refractivity contribution >= 4 is 5.97 Å². The van der Waals surface area contributed by atoms with Crippen LogP contribution in [0.2, 0.25) is 0 Å². The summed E-state index contributed by atoms with van der Waals surface area (Å²) in [5.74, 6) is 0.485. The van der Waals surface area contributed by atoms with E-state index in [2.05, 4.69) is 46.8 Å². The van der Waals surface area contributed by atoms with Gasteiger partial charge in [-0.3, -0.25) is 4.79 Å². The molecule has 0 aliphatic rings. The smallest absolute Gasteiger partial charge is 0.303 e. The van der Waals surface area contributed by atoms with E-state index in [1.165, 1.54) is 5.56 Å². The number of hydrogen-bond donors (Lipinski definition) is 1. The molecule has 1 aromatic rings. The van der Waals surface area contributed by atoms with E-state index in [4.69, 9.17) is 9.84 Å². The maximum Gasteiger partial charge on any atom is 0.303 e. The first kappa shape index (κ1) is 16.5. The lowest BCUT2D eigenvalue weighted by atomic mass is 9.85. The van der Waals surface area contributed by atoms with Gasteiger partial charge >= 0.3 is 5.97 Å². The minimum Gasteiger partial charge on any atom is -0.493 e. The SMILES string of the molecule is CC(C)COc1ccc(C(C)(C)C)cc1CCC(=O)O. The molecule has 1 rings (SSSR count). The van der Waals surface area contributed by atoms with Crippen molar-refractivity contribution in [2.24, 2.45) is 5.92 Å². The molecule has 0 heterocycles. The Balaban J connectivity index is 2.99. The summed E-state index contributed by atoms with van der Waals surface area (Å²) in [7, 11) is 0. The van der Waals surface area contributed by atoms with Crippen LogP contribution in [0.15, 0.2) is 18.2 Å². The fraction of sp³-hybridized carbons (Fsp3) is 0.588. The molecule has 3 heteroatoms. The molecule has 1 N–H and O–H groups in total.